The van der Waals surface area contributed by atoms with E-state index < -0.39 is 0 Å². The lowest BCUT2D eigenvalue weighted by Crippen LogP contribution is -2.45. The molecule has 0 saturated carbocycles. The van der Waals surface area contributed by atoms with Crippen LogP contribution in [0.1, 0.15) is 24.3 Å². The molecule has 1 aliphatic rings. The molecule has 21 heavy (non-hydrogen) atoms. The number of hydrogen-bond donors (Lipinski definition) is 0. The summed E-state index contributed by atoms with van der Waals surface area (Å²) >= 11 is 7.26. The van der Waals surface area contributed by atoms with E-state index in [1.54, 1.807) is 18.0 Å². The predicted molar refractivity (Wildman–Crippen MR) is 90.9 cm³/mol. The van der Waals surface area contributed by atoms with E-state index in [0.717, 1.165) is 29.2 Å². The fraction of sp³-hybridized carbons (Fsp3) is 0.312. The van der Waals surface area contributed by atoms with Crippen LogP contribution < -0.4 is 0 Å². The van der Waals surface area contributed by atoms with Gasteiger partial charge in [0.2, 0.25) is 0 Å². The predicted octanol–water partition coefficient (Wildman–Crippen LogP) is 4.09. The van der Waals surface area contributed by atoms with Crippen LogP contribution in [0.4, 0.5) is 0 Å². The van der Waals surface area contributed by atoms with Crippen LogP contribution in [0.2, 0.25) is 0 Å². The molecule has 1 aliphatic heterocycles. The molecule has 0 radical (unpaired) electrons. The van der Waals surface area contributed by atoms with Gasteiger partial charge in [-0.3, -0.25) is 4.90 Å². The fourth-order valence-electron chi connectivity index (χ4n) is 2.45. The first-order chi connectivity index (χ1) is 10.2. The Balaban J connectivity index is 1.70. The number of hydrogen-bond acceptors (Lipinski definition) is 4. The summed E-state index contributed by atoms with van der Waals surface area (Å²) < 4.78 is 6.42. The molecular formula is C16H18N2OS2. The van der Waals surface area contributed by atoms with Crippen LogP contribution in [-0.2, 0) is 6.54 Å². The maximum absolute atomic E-state index is 5.54. The molecule has 0 bridgehead atoms. The Morgan fingerprint density at radius 1 is 1.24 bits per heavy atom. The molecule has 5 heteroatoms. The molecule has 0 spiro atoms. The zero-order chi connectivity index (χ0) is 14.7. The molecule has 2 aromatic rings. The van der Waals surface area contributed by atoms with E-state index in [-0.39, 0.29) is 6.04 Å². The van der Waals surface area contributed by atoms with Crippen LogP contribution in [0.3, 0.4) is 0 Å². The zero-order valence-corrected chi connectivity index (χ0v) is 13.6. The van der Waals surface area contributed by atoms with Gasteiger partial charge in [-0.1, -0.05) is 54.3 Å². The van der Waals surface area contributed by atoms with E-state index >= 15 is 0 Å². The van der Waals surface area contributed by atoms with E-state index in [2.05, 4.69) is 41.0 Å². The maximum atomic E-state index is 5.54. The monoisotopic (exact) mass is 318 g/mol. The molecule has 1 unspecified atom stereocenters. The summed E-state index contributed by atoms with van der Waals surface area (Å²) in [6.45, 7) is 3.86. The molecule has 1 aromatic heterocycles. The highest BCUT2D eigenvalue weighted by Crippen LogP contribution is 2.29. The van der Waals surface area contributed by atoms with E-state index in [9.17, 15) is 0 Å². The second-order valence-electron chi connectivity index (χ2n) is 5.15. The highest BCUT2D eigenvalue weighted by molar-refractivity contribution is 8.22. The minimum Gasteiger partial charge on any atom is -0.468 e. The highest BCUT2D eigenvalue weighted by Gasteiger charge is 2.26. The third kappa shape index (κ3) is 3.48. The van der Waals surface area contributed by atoms with E-state index in [0.29, 0.717) is 0 Å². The number of benzene rings is 1. The van der Waals surface area contributed by atoms with Gasteiger partial charge in [0.1, 0.15) is 10.1 Å². The Kier molecular flexibility index (Phi) is 4.63. The molecule has 3 nitrogen and oxygen atoms in total. The lowest BCUT2D eigenvalue weighted by molar-refractivity contribution is 0.166. The van der Waals surface area contributed by atoms with Crippen molar-refractivity contribution in [2.45, 2.75) is 19.5 Å². The van der Waals surface area contributed by atoms with Crippen molar-refractivity contribution < 1.29 is 4.42 Å². The molecule has 0 aliphatic carbocycles. The number of thiocarbonyl (C=S) groups is 1. The van der Waals surface area contributed by atoms with Crippen molar-refractivity contribution in [2.24, 2.45) is 0 Å². The van der Waals surface area contributed by atoms with Gasteiger partial charge in [0, 0.05) is 0 Å². The SMILES string of the molecule is CC(c1ccccc1)N1CN(Cc2ccco2)CSC1=S. The highest BCUT2D eigenvalue weighted by atomic mass is 32.2. The van der Waals surface area contributed by atoms with Gasteiger partial charge in [-0.2, -0.15) is 0 Å². The lowest BCUT2D eigenvalue weighted by Gasteiger charge is -2.40. The largest absolute Gasteiger partial charge is 0.468 e. The van der Waals surface area contributed by atoms with Crippen molar-refractivity contribution >= 4 is 28.3 Å². The van der Waals surface area contributed by atoms with Crippen LogP contribution in [0.25, 0.3) is 0 Å². The van der Waals surface area contributed by atoms with Gasteiger partial charge < -0.3 is 9.32 Å². The molecule has 1 aromatic carbocycles. The van der Waals surface area contributed by atoms with Gasteiger partial charge in [-0.25, -0.2) is 0 Å². The number of nitrogens with zero attached hydrogens (tertiary/aromatic N) is 2. The quantitative estimate of drug-likeness (QED) is 0.789. The average Bonchev–Trinajstić information content (AvgIpc) is 3.02. The summed E-state index contributed by atoms with van der Waals surface area (Å²) in [6, 6.07) is 14.7. The van der Waals surface area contributed by atoms with Gasteiger partial charge in [-0.05, 0) is 24.6 Å². The molecule has 2 heterocycles. The standard InChI is InChI=1S/C16H18N2OS2/c1-13(14-6-3-2-4-7-14)18-11-17(12-21-16(18)20)10-15-8-5-9-19-15/h2-9,13H,10-12H2,1H3. The molecule has 3 rings (SSSR count). The minimum atomic E-state index is 0.283. The molecular weight excluding hydrogens is 300 g/mol. The van der Waals surface area contributed by atoms with Crippen LogP contribution in [-0.4, -0.2) is 26.7 Å². The van der Waals surface area contributed by atoms with Crippen molar-refractivity contribution in [1.82, 2.24) is 9.80 Å². The Bertz CT molecular complexity index is 586. The van der Waals surface area contributed by atoms with Crippen molar-refractivity contribution in [3.8, 4) is 0 Å². The van der Waals surface area contributed by atoms with Crippen molar-refractivity contribution in [3.05, 3.63) is 60.1 Å². The summed E-state index contributed by atoms with van der Waals surface area (Å²) in [6.07, 6.45) is 1.72. The topological polar surface area (TPSA) is 19.6 Å². The summed E-state index contributed by atoms with van der Waals surface area (Å²) in [4.78, 5) is 4.63. The Morgan fingerprint density at radius 2 is 2.05 bits per heavy atom. The van der Waals surface area contributed by atoms with Crippen LogP contribution in [0.15, 0.2) is 53.1 Å². The second-order valence-corrected chi connectivity index (χ2v) is 6.72. The lowest BCUT2D eigenvalue weighted by atomic mass is 10.1. The summed E-state index contributed by atoms with van der Waals surface area (Å²) in [7, 11) is 0. The van der Waals surface area contributed by atoms with Gasteiger partial charge in [0.25, 0.3) is 0 Å². The molecule has 110 valence electrons. The van der Waals surface area contributed by atoms with E-state index in [1.807, 2.05) is 18.2 Å². The molecule has 1 atom stereocenters. The summed E-state index contributed by atoms with van der Waals surface area (Å²) in [5.41, 5.74) is 1.29. The number of rotatable bonds is 4. The van der Waals surface area contributed by atoms with E-state index in [1.165, 1.54) is 5.56 Å². The Labute approximate surface area is 134 Å². The van der Waals surface area contributed by atoms with Gasteiger partial charge >= 0.3 is 0 Å². The second kappa shape index (κ2) is 6.64. The first-order valence-corrected chi connectivity index (χ1v) is 8.36. The van der Waals surface area contributed by atoms with Crippen molar-refractivity contribution in [3.63, 3.8) is 0 Å². The van der Waals surface area contributed by atoms with E-state index in [4.69, 9.17) is 16.6 Å². The average molecular weight is 318 g/mol. The Hall–Kier alpha value is -1.30. The zero-order valence-electron chi connectivity index (χ0n) is 11.9. The maximum Gasteiger partial charge on any atom is 0.139 e. The van der Waals surface area contributed by atoms with Crippen LogP contribution in [0.5, 0.6) is 0 Å². The molecule has 0 amide bonds. The normalized spacial score (nSPS) is 18.0. The van der Waals surface area contributed by atoms with Crippen molar-refractivity contribution in [2.75, 3.05) is 12.5 Å². The van der Waals surface area contributed by atoms with Crippen LogP contribution >= 0.6 is 24.0 Å². The van der Waals surface area contributed by atoms with Gasteiger partial charge in [-0.15, -0.1) is 0 Å². The number of furan rings is 1. The summed E-state index contributed by atoms with van der Waals surface area (Å²) in [5.74, 6) is 1.91. The first-order valence-electron chi connectivity index (χ1n) is 6.97. The number of thioether (sulfide) groups is 1. The third-order valence-corrected chi connectivity index (χ3v) is 5.23. The molecule has 1 saturated heterocycles. The van der Waals surface area contributed by atoms with Crippen molar-refractivity contribution in [1.29, 1.82) is 0 Å². The minimum absolute atomic E-state index is 0.283. The summed E-state index contributed by atoms with van der Waals surface area (Å²) in [5, 5.41) is 0. The van der Waals surface area contributed by atoms with Gasteiger partial charge in [0.05, 0.1) is 31.4 Å². The first kappa shape index (κ1) is 14.6. The third-order valence-electron chi connectivity index (χ3n) is 3.67. The van der Waals surface area contributed by atoms with Gasteiger partial charge in [0.15, 0.2) is 0 Å². The molecule has 1 fully saturated rings. The van der Waals surface area contributed by atoms with Crippen LogP contribution in [0, 0.1) is 0 Å². The smallest absolute Gasteiger partial charge is 0.139 e. The molecule has 0 N–H and O–H groups in total. The fourth-order valence-corrected chi connectivity index (χ4v) is 3.68. The Morgan fingerprint density at radius 3 is 2.76 bits per heavy atom.